The van der Waals surface area contributed by atoms with Crippen molar-refractivity contribution in [3.05, 3.63) is 30.9 Å². The van der Waals surface area contributed by atoms with Gasteiger partial charge in [-0.1, -0.05) is 12.1 Å². The van der Waals surface area contributed by atoms with Gasteiger partial charge < -0.3 is 15.5 Å². The van der Waals surface area contributed by atoms with Crippen molar-refractivity contribution >= 4 is 22.8 Å². The summed E-state index contributed by atoms with van der Waals surface area (Å²) in [6.07, 6.45) is 2.71. The van der Waals surface area contributed by atoms with Gasteiger partial charge in [0.2, 0.25) is 0 Å². The van der Waals surface area contributed by atoms with Gasteiger partial charge in [-0.15, -0.1) is 6.58 Å². The summed E-state index contributed by atoms with van der Waals surface area (Å²) in [7, 11) is 0. The van der Waals surface area contributed by atoms with Crippen molar-refractivity contribution in [2.75, 3.05) is 11.1 Å². The molecule has 0 saturated carbocycles. The Kier molecular flexibility index (Phi) is 2.81. The van der Waals surface area contributed by atoms with Gasteiger partial charge in [-0.3, -0.25) is 0 Å². The molecule has 0 aliphatic heterocycles. The largest absolute Gasteiger partial charge is 0.423 e. The fourth-order valence-electron chi connectivity index (χ4n) is 1.55. The van der Waals surface area contributed by atoms with Gasteiger partial charge in [-0.05, 0) is 25.5 Å². The third kappa shape index (κ3) is 2.00. The van der Waals surface area contributed by atoms with Gasteiger partial charge >= 0.3 is 0 Å². The van der Waals surface area contributed by atoms with Gasteiger partial charge in [0.1, 0.15) is 5.52 Å². The lowest BCUT2D eigenvalue weighted by atomic mass is 10.2. The van der Waals surface area contributed by atoms with Crippen LogP contribution in [0.3, 0.4) is 0 Å². The molecule has 0 aliphatic rings. The van der Waals surface area contributed by atoms with E-state index in [1.165, 1.54) is 0 Å². The third-order valence-corrected chi connectivity index (χ3v) is 2.34. The van der Waals surface area contributed by atoms with Gasteiger partial charge in [-0.2, -0.15) is 4.98 Å². The highest BCUT2D eigenvalue weighted by Gasteiger charge is 2.09. The normalized spacial score (nSPS) is 12.6. The van der Waals surface area contributed by atoms with Crippen LogP contribution in [-0.4, -0.2) is 11.0 Å². The molecule has 4 nitrogen and oxygen atoms in total. The Bertz CT molecular complexity index is 504. The molecule has 1 unspecified atom stereocenters. The molecular formula is C12H15N3O. The molecule has 0 saturated heterocycles. The van der Waals surface area contributed by atoms with Crippen molar-refractivity contribution in [2.24, 2.45) is 0 Å². The number of hydrogen-bond donors (Lipinski definition) is 2. The standard InChI is InChI=1S/C12H15N3O/c1-3-5-8(2)14-12-15-11-9(13)6-4-7-10(11)16-12/h3-4,6-8H,1,5,13H2,2H3,(H,14,15). The second-order valence-corrected chi connectivity index (χ2v) is 3.78. The number of nitrogens with zero attached hydrogens (tertiary/aromatic N) is 1. The molecule has 84 valence electrons. The molecule has 1 aromatic carbocycles. The second kappa shape index (κ2) is 4.26. The molecule has 0 aliphatic carbocycles. The summed E-state index contributed by atoms with van der Waals surface area (Å²) in [6, 6.07) is 6.25. The Hall–Kier alpha value is -1.97. The van der Waals surface area contributed by atoms with E-state index in [-0.39, 0.29) is 6.04 Å². The maximum Gasteiger partial charge on any atom is 0.295 e. The Morgan fingerprint density at radius 3 is 3.12 bits per heavy atom. The first-order valence-electron chi connectivity index (χ1n) is 5.23. The highest BCUT2D eigenvalue weighted by atomic mass is 16.4. The zero-order chi connectivity index (χ0) is 11.5. The molecule has 0 bridgehead atoms. The first kappa shape index (κ1) is 10.5. The minimum Gasteiger partial charge on any atom is -0.423 e. The van der Waals surface area contributed by atoms with Crippen LogP contribution in [0, 0.1) is 0 Å². The molecule has 1 atom stereocenters. The predicted molar refractivity (Wildman–Crippen MR) is 66.3 cm³/mol. The smallest absolute Gasteiger partial charge is 0.295 e. The van der Waals surface area contributed by atoms with E-state index in [4.69, 9.17) is 10.2 Å². The Balaban J connectivity index is 2.26. The Labute approximate surface area is 94.2 Å². The molecule has 2 rings (SSSR count). The van der Waals surface area contributed by atoms with Crippen LogP contribution < -0.4 is 11.1 Å². The van der Waals surface area contributed by atoms with E-state index in [2.05, 4.69) is 16.9 Å². The van der Waals surface area contributed by atoms with Crippen LogP contribution >= 0.6 is 0 Å². The van der Waals surface area contributed by atoms with Crippen molar-refractivity contribution in [2.45, 2.75) is 19.4 Å². The molecule has 1 heterocycles. The highest BCUT2D eigenvalue weighted by molar-refractivity contribution is 5.86. The van der Waals surface area contributed by atoms with Gasteiger partial charge in [-0.25, -0.2) is 0 Å². The van der Waals surface area contributed by atoms with Crippen LogP contribution in [0.4, 0.5) is 11.7 Å². The number of rotatable bonds is 4. The van der Waals surface area contributed by atoms with Crippen molar-refractivity contribution < 1.29 is 4.42 Å². The van der Waals surface area contributed by atoms with E-state index in [0.717, 1.165) is 6.42 Å². The fraction of sp³-hybridized carbons (Fsp3) is 0.250. The highest BCUT2D eigenvalue weighted by Crippen LogP contribution is 2.24. The number of nitrogens with two attached hydrogens (primary N) is 1. The van der Waals surface area contributed by atoms with E-state index in [0.29, 0.717) is 22.8 Å². The summed E-state index contributed by atoms with van der Waals surface area (Å²) in [5, 5.41) is 3.15. The molecule has 1 aromatic heterocycles. The summed E-state index contributed by atoms with van der Waals surface area (Å²) >= 11 is 0. The molecule has 3 N–H and O–H groups in total. The molecule has 0 spiro atoms. The van der Waals surface area contributed by atoms with Gasteiger partial charge in [0, 0.05) is 6.04 Å². The monoisotopic (exact) mass is 217 g/mol. The molecule has 16 heavy (non-hydrogen) atoms. The zero-order valence-electron chi connectivity index (χ0n) is 9.23. The number of hydrogen-bond acceptors (Lipinski definition) is 4. The predicted octanol–water partition coefficient (Wildman–Crippen LogP) is 2.79. The van der Waals surface area contributed by atoms with Gasteiger partial charge in [0.05, 0.1) is 5.69 Å². The average Bonchev–Trinajstić information content (AvgIpc) is 2.62. The van der Waals surface area contributed by atoms with Crippen LogP contribution in [0.15, 0.2) is 35.3 Å². The van der Waals surface area contributed by atoms with E-state index in [1.54, 1.807) is 0 Å². The maximum atomic E-state index is 5.79. The second-order valence-electron chi connectivity index (χ2n) is 3.78. The minimum atomic E-state index is 0.242. The van der Waals surface area contributed by atoms with Gasteiger partial charge in [0.25, 0.3) is 6.01 Å². The van der Waals surface area contributed by atoms with E-state index >= 15 is 0 Å². The van der Waals surface area contributed by atoms with Crippen LogP contribution in [-0.2, 0) is 0 Å². The average molecular weight is 217 g/mol. The lowest BCUT2D eigenvalue weighted by Crippen LogP contribution is -2.13. The number of fused-ring (bicyclic) bond motifs is 1. The van der Waals surface area contributed by atoms with Crippen LogP contribution in [0.25, 0.3) is 11.1 Å². The number of nitrogens with one attached hydrogen (secondary N) is 1. The van der Waals surface area contributed by atoms with Crippen LogP contribution in [0.1, 0.15) is 13.3 Å². The van der Waals surface area contributed by atoms with E-state index in [9.17, 15) is 0 Å². The lowest BCUT2D eigenvalue weighted by molar-refractivity contribution is 0.600. The molecule has 0 amide bonds. The quantitative estimate of drug-likeness (QED) is 0.610. The first-order chi connectivity index (χ1) is 7.70. The SMILES string of the molecule is C=CCC(C)Nc1nc2c(N)cccc2o1. The van der Waals surface area contributed by atoms with E-state index in [1.807, 2.05) is 31.2 Å². The third-order valence-electron chi connectivity index (χ3n) is 2.34. The summed E-state index contributed by atoms with van der Waals surface area (Å²) in [4.78, 5) is 4.30. The summed E-state index contributed by atoms with van der Waals surface area (Å²) in [5.74, 6) is 0. The number of oxazole rings is 1. The Morgan fingerprint density at radius 1 is 1.62 bits per heavy atom. The summed E-state index contributed by atoms with van der Waals surface area (Å²) in [5.41, 5.74) is 7.83. The molecule has 0 radical (unpaired) electrons. The van der Waals surface area contributed by atoms with Crippen molar-refractivity contribution in [3.8, 4) is 0 Å². The number of para-hydroxylation sites is 1. The first-order valence-corrected chi connectivity index (χ1v) is 5.23. The molecular weight excluding hydrogens is 202 g/mol. The summed E-state index contributed by atoms with van der Waals surface area (Å²) < 4.78 is 5.53. The van der Waals surface area contributed by atoms with Crippen molar-refractivity contribution in [1.82, 2.24) is 4.98 Å². The van der Waals surface area contributed by atoms with Crippen molar-refractivity contribution in [3.63, 3.8) is 0 Å². The molecule has 2 aromatic rings. The number of anilines is 2. The summed E-state index contributed by atoms with van der Waals surface area (Å²) in [6.45, 7) is 5.73. The van der Waals surface area contributed by atoms with Gasteiger partial charge in [0.15, 0.2) is 5.58 Å². The topological polar surface area (TPSA) is 64.1 Å². The van der Waals surface area contributed by atoms with E-state index < -0.39 is 0 Å². The maximum absolute atomic E-state index is 5.79. The molecule has 0 fully saturated rings. The molecule has 4 heteroatoms. The van der Waals surface area contributed by atoms with Crippen LogP contribution in [0.2, 0.25) is 0 Å². The number of aromatic nitrogens is 1. The lowest BCUT2D eigenvalue weighted by Gasteiger charge is -2.07. The minimum absolute atomic E-state index is 0.242. The number of nitrogen functional groups attached to an aromatic ring is 1. The van der Waals surface area contributed by atoms with Crippen molar-refractivity contribution in [1.29, 1.82) is 0 Å². The number of benzene rings is 1. The Morgan fingerprint density at radius 2 is 2.44 bits per heavy atom. The zero-order valence-corrected chi connectivity index (χ0v) is 9.23. The van der Waals surface area contributed by atoms with Crippen LogP contribution in [0.5, 0.6) is 0 Å². The fourth-order valence-corrected chi connectivity index (χ4v) is 1.55.